The summed E-state index contributed by atoms with van der Waals surface area (Å²) in [7, 11) is 0. The lowest BCUT2D eigenvalue weighted by atomic mass is 10.1. The van der Waals surface area contributed by atoms with E-state index in [1.807, 2.05) is 0 Å². The average Bonchev–Trinajstić information content (AvgIpc) is 2.43. The van der Waals surface area contributed by atoms with Crippen molar-refractivity contribution < 1.29 is 9.59 Å². The van der Waals surface area contributed by atoms with E-state index < -0.39 is 11.8 Å². The first-order chi connectivity index (χ1) is 9.88. The highest BCUT2D eigenvalue weighted by atomic mass is 35.5. The summed E-state index contributed by atoms with van der Waals surface area (Å²) in [5.41, 5.74) is 12.0. The molecule has 0 saturated carbocycles. The second kappa shape index (κ2) is 6.03. The van der Waals surface area contributed by atoms with E-state index in [9.17, 15) is 9.59 Å². The number of nitrogen functional groups attached to an aromatic ring is 1. The highest BCUT2D eigenvalue weighted by Crippen LogP contribution is 2.29. The van der Waals surface area contributed by atoms with Gasteiger partial charge in [-0.15, -0.1) is 0 Å². The summed E-state index contributed by atoms with van der Waals surface area (Å²) in [6.07, 6.45) is 0. The number of hydrogen-bond acceptors (Lipinski definition) is 3. The Kier molecular flexibility index (Phi) is 4.35. The number of nitrogens with two attached hydrogens (primary N) is 2. The van der Waals surface area contributed by atoms with Crippen LogP contribution in [-0.2, 0) is 0 Å². The minimum Gasteiger partial charge on any atom is -0.399 e. The van der Waals surface area contributed by atoms with E-state index >= 15 is 0 Å². The van der Waals surface area contributed by atoms with Crippen LogP contribution in [0.4, 0.5) is 11.4 Å². The van der Waals surface area contributed by atoms with E-state index in [0.29, 0.717) is 11.4 Å². The first-order valence-electron chi connectivity index (χ1n) is 5.84. The van der Waals surface area contributed by atoms with Gasteiger partial charge in [0.05, 0.1) is 15.6 Å². The Morgan fingerprint density at radius 2 is 1.81 bits per heavy atom. The van der Waals surface area contributed by atoms with Gasteiger partial charge in [-0.1, -0.05) is 29.3 Å². The van der Waals surface area contributed by atoms with Gasteiger partial charge in [0.15, 0.2) is 0 Å². The quantitative estimate of drug-likeness (QED) is 0.757. The molecule has 5 nitrogen and oxygen atoms in total. The van der Waals surface area contributed by atoms with Crippen molar-refractivity contribution in [1.82, 2.24) is 0 Å². The molecule has 0 radical (unpaired) electrons. The average molecular weight is 324 g/mol. The van der Waals surface area contributed by atoms with E-state index in [1.165, 1.54) is 18.2 Å². The molecule has 7 heteroatoms. The smallest absolute Gasteiger partial charge is 0.257 e. The van der Waals surface area contributed by atoms with Gasteiger partial charge in [0.2, 0.25) is 5.91 Å². The van der Waals surface area contributed by atoms with E-state index in [0.717, 1.165) is 0 Å². The predicted octanol–water partition coefficient (Wildman–Crippen LogP) is 2.93. The molecule has 0 aromatic heterocycles. The van der Waals surface area contributed by atoms with Crippen LogP contribution < -0.4 is 16.8 Å². The van der Waals surface area contributed by atoms with Gasteiger partial charge in [-0.2, -0.15) is 0 Å². The summed E-state index contributed by atoms with van der Waals surface area (Å²) in [5, 5.41) is 2.90. The molecule has 5 N–H and O–H groups in total. The molecule has 21 heavy (non-hydrogen) atoms. The van der Waals surface area contributed by atoms with Crippen LogP contribution in [0.25, 0.3) is 0 Å². The van der Waals surface area contributed by atoms with Crippen molar-refractivity contribution in [2.24, 2.45) is 5.73 Å². The molecule has 0 atom stereocenters. The number of anilines is 2. The lowest BCUT2D eigenvalue weighted by Crippen LogP contribution is -2.15. The fourth-order valence-corrected chi connectivity index (χ4v) is 2.15. The Morgan fingerprint density at radius 1 is 1.10 bits per heavy atom. The maximum Gasteiger partial charge on any atom is 0.257 e. The summed E-state index contributed by atoms with van der Waals surface area (Å²) in [4.78, 5) is 23.3. The van der Waals surface area contributed by atoms with Crippen molar-refractivity contribution in [1.29, 1.82) is 0 Å². The topological polar surface area (TPSA) is 98.2 Å². The third-order valence-electron chi connectivity index (χ3n) is 2.70. The normalized spacial score (nSPS) is 10.2. The minimum absolute atomic E-state index is 0.106. The third-order valence-corrected chi connectivity index (χ3v) is 3.50. The molecule has 0 bridgehead atoms. The molecule has 0 saturated heterocycles. The number of amides is 2. The zero-order chi connectivity index (χ0) is 15.6. The Balaban J connectivity index is 2.30. The fraction of sp³-hybridized carbons (Fsp3) is 0. The Bertz CT molecular complexity index is 732. The lowest BCUT2D eigenvalue weighted by Gasteiger charge is -2.09. The zero-order valence-electron chi connectivity index (χ0n) is 10.7. The molecule has 2 aromatic rings. The highest BCUT2D eigenvalue weighted by Gasteiger charge is 2.15. The number of primary amides is 1. The molecule has 0 aliphatic heterocycles. The van der Waals surface area contributed by atoms with Gasteiger partial charge in [0.1, 0.15) is 0 Å². The van der Waals surface area contributed by atoms with Gasteiger partial charge in [-0.25, -0.2) is 0 Å². The van der Waals surface area contributed by atoms with Gasteiger partial charge < -0.3 is 16.8 Å². The van der Waals surface area contributed by atoms with E-state index in [4.69, 9.17) is 34.7 Å². The molecule has 2 amide bonds. The summed E-state index contributed by atoms with van der Waals surface area (Å²) in [6.45, 7) is 0. The van der Waals surface area contributed by atoms with E-state index in [1.54, 1.807) is 18.2 Å². The molecular weight excluding hydrogens is 313 g/mol. The van der Waals surface area contributed by atoms with Crippen LogP contribution in [0, 0.1) is 0 Å². The van der Waals surface area contributed by atoms with Crippen molar-refractivity contribution in [3.8, 4) is 0 Å². The van der Waals surface area contributed by atoms with Crippen molar-refractivity contribution in [3.63, 3.8) is 0 Å². The summed E-state index contributed by atoms with van der Waals surface area (Å²) in [6, 6.07) is 9.09. The van der Waals surface area contributed by atoms with Crippen molar-refractivity contribution in [3.05, 3.63) is 57.6 Å². The summed E-state index contributed by atoms with van der Waals surface area (Å²) >= 11 is 11.9. The van der Waals surface area contributed by atoms with Crippen LogP contribution in [-0.4, -0.2) is 11.8 Å². The van der Waals surface area contributed by atoms with E-state index in [-0.39, 0.29) is 21.2 Å². The number of halogens is 2. The van der Waals surface area contributed by atoms with Crippen LogP contribution in [0.5, 0.6) is 0 Å². The van der Waals surface area contributed by atoms with Crippen LogP contribution in [0.3, 0.4) is 0 Å². The van der Waals surface area contributed by atoms with Gasteiger partial charge in [0, 0.05) is 16.9 Å². The molecule has 0 heterocycles. The van der Waals surface area contributed by atoms with Gasteiger partial charge in [-0.05, 0) is 30.3 Å². The zero-order valence-corrected chi connectivity index (χ0v) is 12.2. The summed E-state index contributed by atoms with van der Waals surface area (Å²) < 4.78 is 0. The van der Waals surface area contributed by atoms with Crippen LogP contribution in [0.15, 0.2) is 36.4 Å². The van der Waals surface area contributed by atoms with Gasteiger partial charge in [-0.3, -0.25) is 9.59 Å². The number of nitrogens with one attached hydrogen (secondary N) is 1. The minimum atomic E-state index is -0.587. The standard InChI is InChI=1S/C14H11Cl2N3O2/c15-11-6-8(17)5-10(12(11)16)14(21)19-9-3-1-2-7(4-9)13(18)20/h1-6H,17H2,(H2,18,20)(H,19,21). The molecule has 0 unspecified atom stereocenters. The van der Waals surface area contributed by atoms with Crippen molar-refractivity contribution in [2.75, 3.05) is 11.1 Å². The number of rotatable bonds is 3. The highest BCUT2D eigenvalue weighted by molar-refractivity contribution is 6.44. The molecule has 0 fully saturated rings. The monoisotopic (exact) mass is 323 g/mol. The molecule has 108 valence electrons. The summed E-state index contributed by atoms with van der Waals surface area (Å²) in [5.74, 6) is -1.08. The largest absolute Gasteiger partial charge is 0.399 e. The second-order valence-corrected chi connectivity index (χ2v) is 5.05. The van der Waals surface area contributed by atoms with Gasteiger partial charge in [0.25, 0.3) is 5.91 Å². The van der Waals surface area contributed by atoms with Crippen molar-refractivity contribution >= 4 is 46.4 Å². The first kappa shape index (κ1) is 15.2. The SMILES string of the molecule is NC(=O)c1cccc(NC(=O)c2cc(N)cc(Cl)c2Cl)c1. The maximum absolute atomic E-state index is 12.2. The van der Waals surface area contributed by atoms with Crippen molar-refractivity contribution in [2.45, 2.75) is 0 Å². The molecule has 0 aliphatic rings. The van der Waals surface area contributed by atoms with Crippen LogP contribution in [0.2, 0.25) is 10.0 Å². The lowest BCUT2D eigenvalue weighted by molar-refractivity contribution is 0.0996. The number of benzene rings is 2. The number of hydrogen-bond donors (Lipinski definition) is 3. The molecule has 0 aliphatic carbocycles. The molecule has 0 spiro atoms. The van der Waals surface area contributed by atoms with E-state index in [2.05, 4.69) is 5.32 Å². The number of carbonyl (C=O) groups is 2. The number of carbonyl (C=O) groups excluding carboxylic acids is 2. The maximum atomic E-state index is 12.2. The fourth-order valence-electron chi connectivity index (χ4n) is 1.72. The Labute approximate surface area is 130 Å². The second-order valence-electron chi connectivity index (χ2n) is 4.26. The Hall–Kier alpha value is -2.24. The third kappa shape index (κ3) is 3.45. The molecular formula is C14H11Cl2N3O2. The van der Waals surface area contributed by atoms with Gasteiger partial charge >= 0.3 is 0 Å². The predicted molar refractivity (Wildman–Crippen MR) is 83.8 cm³/mol. The Morgan fingerprint density at radius 3 is 2.48 bits per heavy atom. The molecule has 2 aromatic carbocycles. The van der Waals surface area contributed by atoms with Crippen LogP contribution >= 0.6 is 23.2 Å². The first-order valence-corrected chi connectivity index (χ1v) is 6.60. The molecule has 2 rings (SSSR count). The van der Waals surface area contributed by atoms with Crippen LogP contribution in [0.1, 0.15) is 20.7 Å².